The molecule has 0 saturated carbocycles. The molecule has 3 rings (SSSR count). The Balaban J connectivity index is 2.33. The third kappa shape index (κ3) is 2.99. The topological polar surface area (TPSA) is 0 Å². The van der Waals surface area contributed by atoms with Crippen molar-refractivity contribution in [1.29, 1.82) is 0 Å². The van der Waals surface area contributed by atoms with Gasteiger partial charge in [0, 0.05) is 0 Å². The van der Waals surface area contributed by atoms with Crippen LogP contribution in [0.25, 0.3) is 0 Å². The zero-order valence-electron chi connectivity index (χ0n) is 13.8. The molecule has 0 amide bonds. The summed E-state index contributed by atoms with van der Waals surface area (Å²) in [6.07, 6.45) is 0. The van der Waals surface area contributed by atoms with Crippen molar-refractivity contribution >= 4 is 37.6 Å². The lowest BCUT2D eigenvalue weighted by molar-refractivity contribution is 0.819. The van der Waals surface area contributed by atoms with Crippen molar-refractivity contribution < 1.29 is 8.22 Å². The molecule has 24 heavy (non-hydrogen) atoms. The maximum absolute atomic E-state index is 16.8. The van der Waals surface area contributed by atoms with Gasteiger partial charge in [-0.2, -0.15) is 0 Å². The molecular formula is C20H20F2Si2. The Labute approximate surface area is 144 Å². The van der Waals surface area contributed by atoms with Gasteiger partial charge >= 0.3 is 8.41 Å². The second-order valence-electron chi connectivity index (χ2n) is 6.41. The molecule has 0 aliphatic rings. The van der Waals surface area contributed by atoms with Crippen LogP contribution in [0, 0.1) is 0 Å². The number of hydrogen-bond acceptors (Lipinski definition) is 0. The zero-order chi connectivity index (χ0) is 17.2. The molecule has 3 aromatic rings. The van der Waals surface area contributed by atoms with Crippen molar-refractivity contribution in [1.82, 2.24) is 0 Å². The average molecular weight is 355 g/mol. The van der Waals surface area contributed by atoms with E-state index in [4.69, 9.17) is 0 Å². The van der Waals surface area contributed by atoms with E-state index in [0.29, 0.717) is 20.7 Å². The molecule has 0 atom stereocenters. The lowest BCUT2D eigenvalue weighted by atomic mass is 10.3. The molecule has 0 saturated heterocycles. The number of rotatable bonds is 4. The van der Waals surface area contributed by atoms with Crippen molar-refractivity contribution in [2.24, 2.45) is 0 Å². The number of hydrogen-bond donors (Lipinski definition) is 0. The van der Waals surface area contributed by atoms with Crippen LogP contribution in [-0.4, -0.2) is 16.8 Å². The molecule has 0 N–H and O–H groups in total. The van der Waals surface area contributed by atoms with Crippen LogP contribution in [0.15, 0.2) is 84.9 Å². The van der Waals surface area contributed by atoms with E-state index in [1.165, 1.54) is 0 Å². The van der Waals surface area contributed by atoms with Crippen molar-refractivity contribution in [3.8, 4) is 0 Å². The van der Waals surface area contributed by atoms with Gasteiger partial charge in [-0.25, -0.2) is 0 Å². The monoisotopic (exact) mass is 354 g/mol. The fourth-order valence-electron chi connectivity index (χ4n) is 3.12. The fraction of sp³-hybridized carbons (Fsp3) is 0.100. The third-order valence-corrected chi connectivity index (χ3v) is 9.68. The highest BCUT2D eigenvalue weighted by molar-refractivity contribution is 7.09. The minimum Gasteiger partial charge on any atom is -0.308 e. The van der Waals surface area contributed by atoms with Gasteiger partial charge in [0.05, 0.1) is 0 Å². The van der Waals surface area contributed by atoms with Crippen molar-refractivity contribution in [3.05, 3.63) is 84.9 Å². The number of halogens is 2. The summed E-state index contributed by atoms with van der Waals surface area (Å²) in [7, 11) is -6.90. The minimum absolute atomic E-state index is 0.543. The fourth-order valence-corrected chi connectivity index (χ4v) is 8.78. The summed E-state index contributed by atoms with van der Waals surface area (Å²) < 4.78 is 31.7. The first-order valence-electron chi connectivity index (χ1n) is 8.03. The SMILES string of the molecule is C[Si](C)(F)c1ccccc1[Si](F)(c1ccccc1)c1ccccc1. The highest BCUT2D eigenvalue weighted by Crippen LogP contribution is 2.11. The van der Waals surface area contributed by atoms with E-state index < -0.39 is 16.8 Å². The molecule has 0 aliphatic heterocycles. The predicted octanol–water partition coefficient (Wildman–Crippen LogP) is 3.00. The van der Waals surface area contributed by atoms with Crippen molar-refractivity contribution in [2.75, 3.05) is 0 Å². The van der Waals surface area contributed by atoms with Gasteiger partial charge in [0.2, 0.25) is 0 Å². The lowest BCUT2D eigenvalue weighted by Gasteiger charge is -2.28. The molecule has 0 unspecified atom stereocenters. The Kier molecular flexibility index (Phi) is 4.52. The third-order valence-electron chi connectivity index (χ3n) is 4.28. The Bertz CT molecular complexity index is 772. The van der Waals surface area contributed by atoms with Crippen LogP contribution in [-0.2, 0) is 0 Å². The molecule has 0 radical (unpaired) electrons. The van der Waals surface area contributed by atoms with E-state index in [-0.39, 0.29) is 0 Å². The summed E-state index contributed by atoms with van der Waals surface area (Å²) in [4.78, 5) is 0. The van der Waals surface area contributed by atoms with Crippen molar-refractivity contribution in [3.63, 3.8) is 0 Å². The normalized spacial score (nSPS) is 12.2. The first-order chi connectivity index (χ1) is 11.4. The van der Waals surface area contributed by atoms with Crippen LogP contribution in [0.4, 0.5) is 8.22 Å². The van der Waals surface area contributed by atoms with E-state index in [2.05, 4.69) is 0 Å². The van der Waals surface area contributed by atoms with Gasteiger partial charge < -0.3 is 4.11 Å². The van der Waals surface area contributed by atoms with Crippen LogP contribution in [0.3, 0.4) is 0 Å². The summed E-state index contributed by atoms with van der Waals surface area (Å²) in [6, 6.07) is 25.6. The highest BCUT2D eigenvalue weighted by atomic mass is 28.4. The van der Waals surface area contributed by atoms with Gasteiger partial charge in [-0.3, -0.25) is 4.11 Å². The van der Waals surface area contributed by atoms with Gasteiger partial charge in [-0.15, -0.1) is 0 Å². The van der Waals surface area contributed by atoms with Crippen molar-refractivity contribution in [2.45, 2.75) is 13.1 Å². The quantitative estimate of drug-likeness (QED) is 0.384. The Hall–Kier alpha value is -2.05. The molecule has 0 aromatic heterocycles. The Morgan fingerprint density at radius 2 is 0.917 bits per heavy atom. The first-order valence-corrected chi connectivity index (χ1v) is 12.8. The molecule has 122 valence electrons. The lowest BCUT2D eigenvalue weighted by Crippen LogP contribution is -2.70. The van der Waals surface area contributed by atoms with E-state index in [0.717, 1.165) is 0 Å². The second-order valence-corrected chi connectivity index (χ2v) is 12.9. The van der Waals surface area contributed by atoms with Gasteiger partial charge in [-0.05, 0) is 33.8 Å². The summed E-state index contributed by atoms with van der Waals surface area (Å²) in [5.41, 5.74) is 0. The van der Waals surface area contributed by atoms with Crippen LogP contribution >= 0.6 is 0 Å². The van der Waals surface area contributed by atoms with Crippen LogP contribution in [0.2, 0.25) is 13.1 Å². The molecule has 0 spiro atoms. The summed E-state index contributed by atoms with van der Waals surface area (Å²) in [5, 5.41) is 2.41. The second kappa shape index (κ2) is 6.45. The summed E-state index contributed by atoms with van der Waals surface area (Å²) in [5.74, 6) is 0. The van der Waals surface area contributed by atoms with Crippen LogP contribution < -0.4 is 20.7 Å². The van der Waals surface area contributed by atoms with E-state index in [1.54, 1.807) is 31.3 Å². The maximum Gasteiger partial charge on any atom is 0.339 e. The molecule has 0 nitrogen and oxygen atoms in total. The predicted molar refractivity (Wildman–Crippen MR) is 103 cm³/mol. The smallest absolute Gasteiger partial charge is 0.308 e. The molecule has 0 aliphatic carbocycles. The zero-order valence-corrected chi connectivity index (χ0v) is 15.8. The largest absolute Gasteiger partial charge is 0.339 e. The van der Waals surface area contributed by atoms with E-state index >= 15 is 4.11 Å². The number of benzene rings is 3. The molecular weight excluding hydrogens is 334 g/mol. The van der Waals surface area contributed by atoms with Crippen LogP contribution in [0.5, 0.6) is 0 Å². The van der Waals surface area contributed by atoms with E-state index in [9.17, 15) is 4.11 Å². The maximum atomic E-state index is 16.8. The molecule has 3 aromatic carbocycles. The van der Waals surface area contributed by atoms with E-state index in [1.807, 2.05) is 66.7 Å². The summed E-state index contributed by atoms with van der Waals surface area (Å²) in [6.45, 7) is 3.24. The standard InChI is InChI=1S/C20H20F2Si2/c1-23(2,21)19-15-9-10-16-20(19)24(22,17-11-5-3-6-12-17)18-13-7-4-8-14-18/h3-16H,1-2H3. The molecule has 4 heteroatoms. The van der Waals surface area contributed by atoms with Gasteiger partial charge in [0.15, 0.2) is 0 Å². The van der Waals surface area contributed by atoms with Gasteiger partial charge in [-0.1, -0.05) is 84.9 Å². The average Bonchev–Trinajstić information content (AvgIpc) is 2.62. The Morgan fingerprint density at radius 3 is 1.33 bits per heavy atom. The molecule has 0 fully saturated rings. The highest BCUT2D eigenvalue weighted by Gasteiger charge is 2.45. The summed E-state index contributed by atoms with van der Waals surface area (Å²) >= 11 is 0. The van der Waals surface area contributed by atoms with Crippen LogP contribution in [0.1, 0.15) is 0 Å². The molecule has 0 heterocycles. The Morgan fingerprint density at radius 1 is 0.542 bits per heavy atom. The van der Waals surface area contributed by atoms with Gasteiger partial charge in [0.1, 0.15) is 0 Å². The first kappa shape index (κ1) is 16.8. The minimum atomic E-state index is -3.74. The van der Waals surface area contributed by atoms with Gasteiger partial charge in [0.25, 0.3) is 8.41 Å². The molecule has 0 bridgehead atoms.